The van der Waals surface area contributed by atoms with Crippen LogP contribution in [0, 0.1) is 0 Å². The van der Waals surface area contributed by atoms with Crippen molar-refractivity contribution >= 4 is 32.8 Å². The van der Waals surface area contributed by atoms with Crippen molar-refractivity contribution in [3.05, 3.63) is 60.6 Å². The summed E-state index contributed by atoms with van der Waals surface area (Å²) in [5, 5.41) is 0.685. The lowest BCUT2D eigenvalue weighted by Gasteiger charge is -2.11. The maximum absolute atomic E-state index is 12.5. The van der Waals surface area contributed by atoms with Crippen LogP contribution in [-0.2, 0) is 22.3 Å². The Kier molecular flexibility index (Phi) is 5.78. The smallest absolute Gasteiger partial charge is 0.242 e. The van der Waals surface area contributed by atoms with Crippen molar-refractivity contribution in [3.63, 3.8) is 0 Å². The summed E-state index contributed by atoms with van der Waals surface area (Å²) in [7, 11) is -0.477. The average molecular weight is 457 g/mol. The number of nitrogen functional groups attached to an aromatic ring is 1. The Morgan fingerprint density at radius 3 is 2.52 bits per heavy atom. The third-order valence-corrected chi connectivity index (χ3v) is 7.77. The van der Waals surface area contributed by atoms with Crippen molar-refractivity contribution < 1.29 is 8.42 Å². The van der Waals surface area contributed by atoms with Gasteiger partial charge in [0, 0.05) is 26.2 Å². The third-order valence-electron chi connectivity index (χ3n) is 4.99. The Morgan fingerprint density at radius 1 is 1.10 bits per heavy atom. The number of rotatable bonds is 7. The third kappa shape index (κ3) is 4.06. The van der Waals surface area contributed by atoms with E-state index in [0.29, 0.717) is 16.4 Å². The van der Waals surface area contributed by atoms with Gasteiger partial charge in [0.1, 0.15) is 5.82 Å². The van der Waals surface area contributed by atoms with Crippen LogP contribution in [0.3, 0.4) is 0 Å². The molecular weight excluding hydrogens is 432 g/mol. The molecule has 0 unspecified atom stereocenters. The molecule has 10 heteroatoms. The number of sulfonamides is 1. The lowest BCUT2D eigenvalue weighted by Crippen LogP contribution is -2.22. The minimum absolute atomic E-state index is 0.231. The van der Waals surface area contributed by atoms with E-state index in [0.717, 1.165) is 29.1 Å². The van der Waals surface area contributed by atoms with E-state index in [1.807, 2.05) is 43.3 Å². The quantitative estimate of drug-likeness (QED) is 0.339. The van der Waals surface area contributed by atoms with Crippen LogP contribution in [0.1, 0.15) is 12.7 Å². The van der Waals surface area contributed by atoms with Gasteiger partial charge in [-0.05, 0) is 25.1 Å². The second-order valence-corrected chi connectivity index (χ2v) is 10.3. The number of aryl methyl sites for hydroxylation is 1. The number of fused-ring (bicyclic) bond motifs is 1. The lowest BCUT2D eigenvalue weighted by molar-refractivity contribution is 0.521. The molecule has 2 aromatic heterocycles. The molecule has 0 aliphatic rings. The van der Waals surface area contributed by atoms with Crippen LogP contribution in [0.4, 0.5) is 0 Å². The van der Waals surface area contributed by atoms with Crippen LogP contribution < -0.4 is 5.84 Å². The Balaban J connectivity index is 1.62. The van der Waals surface area contributed by atoms with E-state index in [4.69, 9.17) is 10.8 Å². The zero-order valence-corrected chi connectivity index (χ0v) is 19.2. The maximum Gasteiger partial charge on any atom is 0.242 e. The summed E-state index contributed by atoms with van der Waals surface area (Å²) in [6.07, 6.45) is 1.80. The normalized spacial score (nSPS) is 12.1. The van der Waals surface area contributed by atoms with Crippen molar-refractivity contribution in [1.82, 2.24) is 23.5 Å². The monoisotopic (exact) mass is 456 g/mol. The Bertz CT molecular complexity index is 1330. The van der Waals surface area contributed by atoms with E-state index in [9.17, 15) is 8.42 Å². The zero-order chi connectivity index (χ0) is 22.2. The summed E-state index contributed by atoms with van der Waals surface area (Å²) >= 11 is 1.49. The number of nitrogens with two attached hydrogens (primary N) is 1. The Hall–Kier alpha value is -2.82. The number of imidazole rings is 2. The highest BCUT2D eigenvalue weighted by atomic mass is 32.2. The fraction of sp³-hybridized carbons (Fsp3) is 0.238. The van der Waals surface area contributed by atoms with Gasteiger partial charge in [0.25, 0.3) is 0 Å². The summed E-state index contributed by atoms with van der Waals surface area (Å²) in [5.74, 6) is 7.51. The molecule has 0 bridgehead atoms. The summed E-state index contributed by atoms with van der Waals surface area (Å²) in [5.41, 5.74) is 3.37. The topological polar surface area (TPSA) is 99.0 Å². The molecule has 0 saturated carbocycles. The molecule has 162 valence electrons. The van der Waals surface area contributed by atoms with Crippen molar-refractivity contribution in [2.24, 2.45) is 0 Å². The molecule has 4 aromatic rings. The summed E-state index contributed by atoms with van der Waals surface area (Å²) in [4.78, 5) is 9.59. The number of aromatic nitrogens is 4. The molecule has 2 heterocycles. The first-order valence-electron chi connectivity index (χ1n) is 9.75. The average Bonchev–Trinajstić information content (AvgIpc) is 3.31. The van der Waals surface area contributed by atoms with Gasteiger partial charge in [0.05, 0.1) is 33.6 Å². The molecular formula is C21H24N6O2S2. The number of nitrogens with zero attached hydrogens (tertiary/aromatic N) is 5. The standard InChI is InChI=1S/C21H24N6O2S2/c1-4-26-19-11-10-16(31(28,29)25(2)3)12-17(19)23-20(26)14-30-21-24-18(13-27(21)22)15-8-6-5-7-9-15/h5-13H,4,14,22H2,1-3H3. The molecule has 0 spiro atoms. The van der Waals surface area contributed by atoms with Crippen LogP contribution >= 0.6 is 11.8 Å². The second-order valence-electron chi connectivity index (χ2n) is 7.18. The van der Waals surface area contributed by atoms with Gasteiger partial charge < -0.3 is 10.4 Å². The van der Waals surface area contributed by atoms with Crippen molar-refractivity contribution in [2.45, 2.75) is 29.3 Å². The second kappa shape index (κ2) is 8.37. The van der Waals surface area contributed by atoms with Gasteiger partial charge in [-0.15, -0.1) is 0 Å². The highest BCUT2D eigenvalue weighted by Gasteiger charge is 2.20. The van der Waals surface area contributed by atoms with Gasteiger partial charge in [0.2, 0.25) is 10.0 Å². The molecule has 31 heavy (non-hydrogen) atoms. The minimum atomic E-state index is -3.51. The van der Waals surface area contributed by atoms with E-state index in [-0.39, 0.29) is 4.90 Å². The lowest BCUT2D eigenvalue weighted by atomic mass is 10.2. The molecule has 2 N–H and O–H groups in total. The molecule has 0 radical (unpaired) electrons. The number of hydrogen-bond acceptors (Lipinski definition) is 6. The Morgan fingerprint density at radius 2 is 1.84 bits per heavy atom. The number of hydrogen-bond donors (Lipinski definition) is 1. The maximum atomic E-state index is 12.5. The highest BCUT2D eigenvalue weighted by molar-refractivity contribution is 7.98. The predicted octanol–water partition coefficient (Wildman–Crippen LogP) is 3.18. The van der Waals surface area contributed by atoms with Gasteiger partial charge in [-0.3, -0.25) is 0 Å². The van der Waals surface area contributed by atoms with Gasteiger partial charge in [-0.1, -0.05) is 42.1 Å². The van der Waals surface area contributed by atoms with Crippen molar-refractivity contribution in [1.29, 1.82) is 0 Å². The highest BCUT2D eigenvalue weighted by Crippen LogP contribution is 2.28. The first-order valence-corrected chi connectivity index (χ1v) is 12.2. The van der Waals surface area contributed by atoms with E-state index in [1.54, 1.807) is 18.3 Å². The number of thioether (sulfide) groups is 1. The van der Waals surface area contributed by atoms with Crippen LogP contribution in [0.25, 0.3) is 22.3 Å². The molecule has 8 nitrogen and oxygen atoms in total. The molecule has 4 rings (SSSR count). The molecule has 0 fully saturated rings. The van der Waals surface area contributed by atoms with Crippen LogP contribution in [0.2, 0.25) is 0 Å². The zero-order valence-electron chi connectivity index (χ0n) is 17.6. The van der Waals surface area contributed by atoms with E-state index in [1.165, 1.54) is 34.8 Å². The number of benzene rings is 2. The first kappa shape index (κ1) is 21.4. The van der Waals surface area contributed by atoms with Gasteiger partial charge in [0.15, 0.2) is 5.16 Å². The van der Waals surface area contributed by atoms with Gasteiger partial charge in [-0.25, -0.2) is 27.4 Å². The molecule has 2 aromatic carbocycles. The van der Waals surface area contributed by atoms with Crippen LogP contribution in [0.15, 0.2) is 64.8 Å². The first-order chi connectivity index (χ1) is 14.8. The fourth-order valence-corrected chi connectivity index (χ4v) is 5.12. The summed E-state index contributed by atoms with van der Waals surface area (Å²) in [6.45, 7) is 2.76. The predicted molar refractivity (Wildman–Crippen MR) is 124 cm³/mol. The summed E-state index contributed by atoms with van der Waals surface area (Å²) in [6, 6.07) is 14.9. The van der Waals surface area contributed by atoms with Crippen molar-refractivity contribution in [2.75, 3.05) is 19.9 Å². The Labute approximate surface area is 185 Å². The van der Waals surface area contributed by atoms with Crippen molar-refractivity contribution in [3.8, 4) is 11.3 Å². The van der Waals surface area contributed by atoms with E-state index in [2.05, 4.69) is 9.55 Å². The molecule has 0 saturated heterocycles. The molecule has 0 aliphatic heterocycles. The minimum Gasteiger partial charge on any atom is -0.337 e. The van der Waals surface area contributed by atoms with Crippen LogP contribution in [-0.4, -0.2) is 46.0 Å². The van der Waals surface area contributed by atoms with E-state index >= 15 is 0 Å². The van der Waals surface area contributed by atoms with E-state index < -0.39 is 10.0 Å². The molecule has 0 atom stereocenters. The molecule has 0 aliphatic carbocycles. The van der Waals surface area contributed by atoms with Gasteiger partial charge >= 0.3 is 0 Å². The SMILES string of the molecule is CCn1c(CSc2nc(-c3ccccc3)cn2N)nc2cc(S(=O)(=O)N(C)C)ccc21. The fourth-order valence-electron chi connectivity index (χ4n) is 3.35. The summed E-state index contributed by atoms with van der Waals surface area (Å²) < 4.78 is 29.7. The van der Waals surface area contributed by atoms with Gasteiger partial charge in [-0.2, -0.15) is 0 Å². The van der Waals surface area contributed by atoms with Crippen LogP contribution in [0.5, 0.6) is 0 Å². The molecule has 0 amide bonds. The largest absolute Gasteiger partial charge is 0.337 e.